The summed E-state index contributed by atoms with van der Waals surface area (Å²) in [5.74, 6) is 0.382. The Morgan fingerprint density at radius 3 is 2.41 bits per heavy atom. The van der Waals surface area contributed by atoms with Gasteiger partial charge in [-0.1, -0.05) is 25.1 Å². The minimum Gasteiger partial charge on any atom is -0.366 e. The van der Waals surface area contributed by atoms with Gasteiger partial charge in [0.2, 0.25) is 0 Å². The molecule has 0 amide bonds. The van der Waals surface area contributed by atoms with Crippen LogP contribution in [0.15, 0.2) is 42.5 Å². The number of rotatable bonds is 3. The van der Waals surface area contributed by atoms with Crippen LogP contribution in [0.1, 0.15) is 62.3 Å². The molecule has 0 saturated heterocycles. The number of nitrogens with zero attached hydrogens (tertiary/aromatic N) is 2. The molecule has 1 heterocycles. The Morgan fingerprint density at radius 1 is 1.21 bits per heavy atom. The summed E-state index contributed by atoms with van der Waals surface area (Å²) < 4.78 is 38.3. The summed E-state index contributed by atoms with van der Waals surface area (Å²) in [5.41, 5.74) is 3.51. The molecular formula is C24H25F3N2. The van der Waals surface area contributed by atoms with Crippen molar-refractivity contribution in [1.29, 1.82) is 5.26 Å². The van der Waals surface area contributed by atoms with Gasteiger partial charge >= 0.3 is 6.18 Å². The van der Waals surface area contributed by atoms with Crippen LogP contribution in [0.2, 0.25) is 0 Å². The van der Waals surface area contributed by atoms with E-state index in [2.05, 4.69) is 50.8 Å². The van der Waals surface area contributed by atoms with E-state index in [0.717, 1.165) is 30.7 Å². The Morgan fingerprint density at radius 2 is 1.86 bits per heavy atom. The highest BCUT2D eigenvalue weighted by atomic mass is 19.4. The molecule has 0 bridgehead atoms. The van der Waals surface area contributed by atoms with Gasteiger partial charge < -0.3 is 4.90 Å². The van der Waals surface area contributed by atoms with Crippen LogP contribution in [0.5, 0.6) is 0 Å². The van der Waals surface area contributed by atoms with Crippen LogP contribution in [0.25, 0.3) is 11.6 Å². The number of fused-ring (bicyclic) bond motifs is 1. The van der Waals surface area contributed by atoms with Crippen molar-refractivity contribution in [2.45, 2.75) is 51.7 Å². The smallest absolute Gasteiger partial charge is 0.366 e. The van der Waals surface area contributed by atoms with Crippen molar-refractivity contribution in [2.24, 2.45) is 0 Å². The van der Waals surface area contributed by atoms with Crippen molar-refractivity contribution in [1.82, 2.24) is 0 Å². The van der Waals surface area contributed by atoms with E-state index in [1.807, 2.05) is 6.07 Å². The zero-order chi connectivity index (χ0) is 21.4. The third kappa shape index (κ3) is 4.17. The average molecular weight is 398 g/mol. The fourth-order valence-electron chi connectivity index (χ4n) is 4.38. The molecular weight excluding hydrogens is 373 g/mol. The van der Waals surface area contributed by atoms with Crippen molar-refractivity contribution in [3.8, 4) is 6.07 Å². The first-order chi connectivity index (χ1) is 13.6. The monoisotopic (exact) mass is 398 g/mol. The van der Waals surface area contributed by atoms with Crippen molar-refractivity contribution >= 4 is 17.3 Å². The number of nitriles is 1. The largest absolute Gasteiger partial charge is 0.416 e. The van der Waals surface area contributed by atoms with Crippen LogP contribution in [-0.4, -0.2) is 12.1 Å². The van der Waals surface area contributed by atoms with Crippen LogP contribution >= 0.6 is 0 Å². The first kappa shape index (κ1) is 21.0. The summed E-state index contributed by atoms with van der Waals surface area (Å²) in [4.78, 5) is 2.40. The van der Waals surface area contributed by atoms with E-state index in [0.29, 0.717) is 17.1 Å². The molecule has 0 aromatic heterocycles. The van der Waals surface area contributed by atoms with E-state index in [9.17, 15) is 18.4 Å². The normalized spacial score (nSPS) is 18.9. The van der Waals surface area contributed by atoms with E-state index >= 15 is 0 Å². The molecule has 152 valence electrons. The van der Waals surface area contributed by atoms with Gasteiger partial charge in [0.05, 0.1) is 17.2 Å². The minimum atomic E-state index is -4.39. The maximum absolute atomic E-state index is 12.8. The minimum absolute atomic E-state index is 0.0799. The van der Waals surface area contributed by atoms with Crippen LogP contribution in [0.4, 0.5) is 18.9 Å². The van der Waals surface area contributed by atoms with Gasteiger partial charge in [0, 0.05) is 17.8 Å². The second-order valence-corrected chi connectivity index (χ2v) is 8.23. The lowest BCUT2D eigenvalue weighted by Gasteiger charge is -2.47. The zero-order valence-electron chi connectivity index (χ0n) is 17.1. The molecule has 2 nitrogen and oxygen atoms in total. The first-order valence-corrected chi connectivity index (χ1v) is 9.78. The van der Waals surface area contributed by atoms with Gasteiger partial charge in [-0.05, 0) is 80.1 Å². The number of hydrogen-bond acceptors (Lipinski definition) is 2. The lowest BCUT2D eigenvalue weighted by atomic mass is 9.79. The molecule has 0 fully saturated rings. The predicted octanol–water partition coefficient (Wildman–Crippen LogP) is 6.88. The van der Waals surface area contributed by atoms with E-state index < -0.39 is 11.7 Å². The van der Waals surface area contributed by atoms with Crippen LogP contribution < -0.4 is 4.90 Å². The highest BCUT2D eigenvalue weighted by molar-refractivity contribution is 5.90. The number of hydrogen-bond donors (Lipinski definition) is 0. The Kier molecular flexibility index (Phi) is 5.49. The van der Waals surface area contributed by atoms with Gasteiger partial charge in [-0.3, -0.25) is 0 Å². The Bertz CT molecular complexity index is 963. The van der Waals surface area contributed by atoms with Crippen molar-refractivity contribution in [2.75, 3.05) is 11.4 Å². The second kappa shape index (κ2) is 7.59. The SMILES string of the molecule is CCN1c2ccc(/C=C(\C#N)c3ccc(C(F)(F)F)cc3)cc2C(C)CC1(C)C. The summed E-state index contributed by atoms with van der Waals surface area (Å²) in [5, 5.41) is 9.56. The third-order valence-corrected chi connectivity index (χ3v) is 5.68. The molecule has 1 aliphatic heterocycles. The number of halogens is 3. The van der Waals surface area contributed by atoms with Gasteiger partial charge in [0.1, 0.15) is 0 Å². The molecule has 0 aliphatic carbocycles. The molecule has 29 heavy (non-hydrogen) atoms. The molecule has 5 heteroatoms. The van der Waals surface area contributed by atoms with E-state index in [-0.39, 0.29) is 5.54 Å². The van der Waals surface area contributed by atoms with Crippen LogP contribution in [0.3, 0.4) is 0 Å². The molecule has 1 aliphatic rings. The highest BCUT2D eigenvalue weighted by Crippen LogP contribution is 2.43. The van der Waals surface area contributed by atoms with Gasteiger partial charge in [0.25, 0.3) is 0 Å². The average Bonchev–Trinajstić information content (AvgIpc) is 2.65. The summed E-state index contributed by atoms with van der Waals surface area (Å²) >= 11 is 0. The molecule has 0 spiro atoms. The zero-order valence-corrected chi connectivity index (χ0v) is 17.1. The third-order valence-electron chi connectivity index (χ3n) is 5.68. The maximum Gasteiger partial charge on any atom is 0.416 e. The van der Waals surface area contributed by atoms with Gasteiger partial charge in [-0.2, -0.15) is 18.4 Å². The first-order valence-electron chi connectivity index (χ1n) is 9.78. The molecule has 2 aromatic carbocycles. The summed E-state index contributed by atoms with van der Waals surface area (Å²) in [7, 11) is 0. The molecule has 1 unspecified atom stereocenters. The van der Waals surface area contributed by atoms with E-state index in [1.165, 1.54) is 23.4 Å². The number of alkyl halides is 3. The quantitative estimate of drug-likeness (QED) is 0.416. The summed E-state index contributed by atoms with van der Waals surface area (Å²) in [6.45, 7) is 9.77. The van der Waals surface area contributed by atoms with Gasteiger partial charge in [-0.15, -0.1) is 0 Å². The summed E-state index contributed by atoms with van der Waals surface area (Å²) in [6, 6.07) is 13.0. The molecule has 1 atom stereocenters. The van der Waals surface area contributed by atoms with Gasteiger partial charge in [0.15, 0.2) is 0 Å². The van der Waals surface area contributed by atoms with E-state index in [1.54, 1.807) is 6.08 Å². The lowest BCUT2D eigenvalue weighted by Crippen LogP contribution is -2.48. The second-order valence-electron chi connectivity index (χ2n) is 8.23. The lowest BCUT2D eigenvalue weighted by molar-refractivity contribution is -0.137. The van der Waals surface area contributed by atoms with Crippen LogP contribution in [-0.2, 0) is 6.18 Å². The fourth-order valence-corrected chi connectivity index (χ4v) is 4.38. The molecule has 0 saturated carbocycles. The van der Waals surface area contributed by atoms with Crippen molar-refractivity contribution < 1.29 is 13.2 Å². The molecule has 3 rings (SSSR count). The molecule has 0 radical (unpaired) electrons. The van der Waals surface area contributed by atoms with E-state index in [4.69, 9.17) is 0 Å². The summed E-state index contributed by atoms with van der Waals surface area (Å²) in [6.07, 6.45) is -1.61. The molecule has 0 N–H and O–H groups in total. The predicted molar refractivity (Wildman–Crippen MR) is 112 cm³/mol. The number of anilines is 1. The van der Waals surface area contributed by atoms with Crippen molar-refractivity contribution in [3.63, 3.8) is 0 Å². The standard InChI is InChI=1S/C24H25F3N2/c1-5-29-22-11-6-17(13-21(22)16(2)14-23(29,3)4)12-19(15-28)18-7-9-20(10-8-18)24(25,26)27/h6-13,16H,5,14H2,1-4H3/b19-12+. The maximum atomic E-state index is 12.8. The van der Waals surface area contributed by atoms with Crippen LogP contribution in [0, 0.1) is 11.3 Å². The van der Waals surface area contributed by atoms with Gasteiger partial charge in [-0.25, -0.2) is 0 Å². The fraction of sp³-hybridized carbons (Fsp3) is 0.375. The Hall–Kier alpha value is -2.74. The van der Waals surface area contributed by atoms with Crippen molar-refractivity contribution in [3.05, 3.63) is 64.7 Å². The Balaban J connectivity index is 1.98. The number of benzene rings is 2. The Labute approximate surface area is 170 Å². The topological polar surface area (TPSA) is 27.0 Å². The number of allylic oxidation sites excluding steroid dienone is 1. The highest BCUT2D eigenvalue weighted by Gasteiger charge is 2.35. The molecule has 2 aromatic rings.